The van der Waals surface area contributed by atoms with E-state index in [2.05, 4.69) is 44.0 Å². The second-order valence-corrected chi connectivity index (χ2v) is 11.8. The Labute approximate surface area is 237 Å². The summed E-state index contributed by atoms with van der Waals surface area (Å²) in [6.07, 6.45) is 3.30. The van der Waals surface area contributed by atoms with Crippen LogP contribution in [0.1, 0.15) is 41.6 Å². The standard InChI is InChI=1S/C29H19Br2FN2O3S/c1-15(35)37-27-18(12-19(30)14-23(27)31)13-24-28(36)34-26(17-6-9-20(32)10-7-17)22-11-8-16-4-2-3-5-21(16)25(22)33-29(34)38-24/h2-7,9-10,12-14,26H,8,11H2,1H3/b24-13+/t26-/m0/s1. The minimum atomic E-state index is -0.466. The number of benzene rings is 3. The summed E-state index contributed by atoms with van der Waals surface area (Å²) in [6, 6.07) is 17.7. The number of esters is 1. The van der Waals surface area contributed by atoms with Gasteiger partial charge >= 0.3 is 5.97 Å². The number of aryl methyl sites for hydroxylation is 1. The van der Waals surface area contributed by atoms with Gasteiger partial charge in [-0.1, -0.05) is 63.7 Å². The van der Waals surface area contributed by atoms with E-state index in [4.69, 9.17) is 9.73 Å². The van der Waals surface area contributed by atoms with E-state index in [-0.39, 0.29) is 11.4 Å². The molecule has 3 aromatic carbocycles. The molecule has 1 atom stereocenters. The van der Waals surface area contributed by atoms with Gasteiger partial charge in [0.05, 0.1) is 20.7 Å². The molecule has 0 N–H and O–H groups in total. The Hall–Kier alpha value is -3.14. The summed E-state index contributed by atoms with van der Waals surface area (Å²) in [6.45, 7) is 1.33. The molecule has 0 unspecified atom stereocenters. The average Bonchev–Trinajstić information content (AvgIpc) is 3.19. The topological polar surface area (TPSA) is 60.7 Å². The van der Waals surface area contributed by atoms with Crippen LogP contribution < -0.4 is 19.6 Å². The van der Waals surface area contributed by atoms with Crippen LogP contribution in [-0.2, 0) is 11.2 Å². The van der Waals surface area contributed by atoms with Gasteiger partial charge in [0, 0.05) is 22.5 Å². The van der Waals surface area contributed by atoms with Gasteiger partial charge in [0.15, 0.2) is 10.6 Å². The smallest absolute Gasteiger partial charge is 0.308 e. The summed E-state index contributed by atoms with van der Waals surface area (Å²) in [5.74, 6) is -0.468. The first kappa shape index (κ1) is 25.2. The van der Waals surface area contributed by atoms with Crippen molar-refractivity contribution in [2.75, 3.05) is 0 Å². The van der Waals surface area contributed by atoms with Crippen LogP contribution >= 0.6 is 43.2 Å². The van der Waals surface area contributed by atoms with Crippen LogP contribution in [0.15, 0.2) is 85.0 Å². The number of hydrogen-bond donors (Lipinski definition) is 0. The van der Waals surface area contributed by atoms with E-state index in [1.165, 1.54) is 36.0 Å². The number of hydrogen-bond acceptors (Lipinski definition) is 5. The highest BCUT2D eigenvalue weighted by Crippen LogP contribution is 2.41. The molecule has 1 aliphatic heterocycles. The molecular formula is C29H19Br2FN2O3S. The van der Waals surface area contributed by atoms with Gasteiger partial charge in [0.2, 0.25) is 0 Å². The van der Waals surface area contributed by atoms with Crippen LogP contribution in [0, 0.1) is 5.82 Å². The van der Waals surface area contributed by atoms with Crippen molar-refractivity contribution in [1.29, 1.82) is 0 Å². The largest absolute Gasteiger partial charge is 0.425 e. The Morgan fingerprint density at radius 1 is 1.13 bits per heavy atom. The highest BCUT2D eigenvalue weighted by molar-refractivity contribution is 9.11. The van der Waals surface area contributed by atoms with E-state index in [9.17, 15) is 14.0 Å². The molecule has 1 aromatic heterocycles. The summed E-state index contributed by atoms with van der Waals surface area (Å²) in [7, 11) is 0. The summed E-state index contributed by atoms with van der Waals surface area (Å²) >= 11 is 8.21. The molecule has 4 aromatic rings. The van der Waals surface area contributed by atoms with Gasteiger partial charge in [-0.25, -0.2) is 9.38 Å². The van der Waals surface area contributed by atoms with Crippen molar-refractivity contribution in [3.63, 3.8) is 0 Å². The first-order valence-electron chi connectivity index (χ1n) is 11.9. The van der Waals surface area contributed by atoms with Crippen molar-refractivity contribution in [3.8, 4) is 5.75 Å². The van der Waals surface area contributed by atoms with E-state index in [1.807, 2.05) is 12.1 Å². The SMILES string of the molecule is CC(=O)Oc1c(Br)cc(Br)cc1/C=c1/sc2n(c1=O)[C@@H](c1ccc(F)cc1)C1=C(N=2)c2ccccc2CC1. The van der Waals surface area contributed by atoms with Gasteiger partial charge in [-0.2, -0.15) is 0 Å². The number of allylic oxidation sites excluding steroid dienone is 1. The summed E-state index contributed by atoms with van der Waals surface area (Å²) < 4.78 is 22.8. The van der Waals surface area contributed by atoms with Gasteiger partial charge in [0.1, 0.15) is 5.82 Å². The van der Waals surface area contributed by atoms with Gasteiger partial charge in [-0.15, -0.1) is 0 Å². The van der Waals surface area contributed by atoms with E-state index < -0.39 is 12.0 Å². The van der Waals surface area contributed by atoms with Crippen molar-refractivity contribution >= 4 is 60.9 Å². The number of fused-ring (bicyclic) bond motifs is 3. The molecule has 38 heavy (non-hydrogen) atoms. The first-order chi connectivity index (χ1) is 18.3. The van der Waals surface area contributed by atoms with E-state index in [1.54, 1.807) is 34.9 Å². The summed E-state index contributed by atoms with van der Waals surface area (Å²) in [5.41, 5.74) is 5.38. The fraction of sp³-hybridized carbons (Fsp3) is 0.138. The first-order valence-corrected chi connectivity index (χ1v) is 14.3. The second kappa shape index (κ2) is 9.87. The summed E-state index contributed by atoms with van der Waals surface area (Å²) in [4.78, 5) is 31.3. The Balaban J connectivity index is 1.62. The van der Waals surface area contributed by atoms with Crippen molar-refractivity contribution in [3.05, 3.63) is 123 Å². The third-order valence-electron chi connectivity index (χ3n) is 6.63. The quantitative estimate of drug-likeness (QED) is 0.204. The lowest BCUT2D eigenvalue weighted by Gasteiger charge is -2.30. The maximum Gasteiger partial charge on any atom is 0.308 e. The van der Waals surface area contributed by atoms with Gasteiger partial charge < -0.3 is 4.74 Å². The molecule has 0 bridgehead atoms. The zero-order valence-electron chi connectivity index (χ0n) is 20.0. The number of ether oxygens (including phenoxy) is 1. The third-order valence-corrected chi connectivity index (χ3v) is 8.66. The van der Waals surface area contributed by atoms with Crippen LogP contribution in [0.5, 0.6) is 5.75 Å². The predicted octanol–water partition coefficient (Wildman–Crippen LogP) is 5.91. The zero-order valence-corrected chi connectivity index (χ0v) is 24.0. The Kier molecular flexibility index (Phi) is 6.53. The molecule has 0 radical (unpaired) electrons. The average molecular weight is 654 g/mol. The monoisotopic (exact) mass is 652 g/mol. The molecule has 0 amide bonds. The molecule has 0 saturated carbocycles. The number of rotatable bonds is 3. The normalized spacial score (nSPS) is 16.4. The molecule has 9 heteroatoms. The molecule has 2 heterocycles. The fourth-order valence-corrected chi connectivity index (χ4v) is 7.38. The molecule has 5 nitrogen and oxygen atoms in total. The van der Waals surface area contributed by atoms with Crippen LogP contribution in [0.2, 0.25) is 0 Å². The minimum Gasteiger partial charge on any atom is -0.425 e. The maximum absolute atomic E-state index is 13.9. The molecule has 0 fully saturated rings. The Morgan fingerprint density at radius 3 is 2.66 bits per heavy atom. The highest BCUT2D eigenvalue weighted by atomic mass is 79.9. The van der Waals surface area contributed by atoms with Crippen LogP contribution in [0.4, 0.5) is 4.39 Å². The van der Waals surface area contributed by atoms with Gasteiger partial charge in [0.25, 0.3) is 5.56 Å². The van der Waals surface area contributed by atoms with E-state index in [0.717, 1.165) is 39.7 Å². The van der Waals surface area contributed by atoms with E-state index in [0.29, 0.717) is 25.1 Å². The van der Waals surface area contributed by atoms with E-state index >= 15 is 0 Å². The summed E-state index contributed by atoms with van der Waals surface area (Å²) in [5, 5.41) is 0. The lowest BCUT2D eigenvalue weighted by molar-refractivity contribution is -0.131. The molecule has 1 aliphatic carbocycles. The van der Waals surface area contributed by atoms with Crippen LogP contribution in [0.3, 0.4) is 0 Å². The second-order valence-electron chi connectivity index (χ2n) is 9.06. The molecular weight excluding hydrogens is 635 g/mol. The van der Waals surface area contributed by atoms with Crippen LogP contribution in [-0.4, -0.2) is 10.5 Å². The Bertz CT molecular complexity index is 1840. The lowest BCUT2D eigenvalue weighted by Crippen LogP contribution is -2.38. The van der Waals surface area contributed by atoms with Crippen molar-refractivity contribution < 1.29 is 13.9 Å². The van der Waals surface area contributed by atoms with Crippen molar-refractivity contribution in [2.45, 2.75) is 25.8 Å². The molecule has 2 aliphatic rings. The number of aromatic nitrogens is 1. The predicted molar refractivity (Wildman–Crippen MR) is 152 cm³/mol. The number of carbonyl (C=O) groups is 1. The molecule has 0 saturated heterocycles. The number of thiazole rings is 1. The van der Waals surface area contributed by atoms with Crippen molar-refractivity contribution in [1.82, 2.24) is 4.57 Å². The zero-order chi connectivity index (χ0) is 26.6. The van der Waals surface area contributed by atoms with Crippen molar-refractivity contribution in [2.24, 2.45) is 4.99 Å². The lowest BCUT2D eigenvalue weighted by atomic mass is 9.83. The molecule has 190 valence electrons. The minimum absolute atomic E-state index is 0.210. The number of nitrogens with zero attached hydrogens (tertiary/aromatic N) is 2. The number of carbonyl (C=O) groups excluding carboxylic acids is 1. The van der Waals surface area contributed by atoms with Crippen LogP contribution in [0.25, 0.3) is 11.8 Å². The highest BCUT2D eigenvalue weighted by Gasteiger charge is 2.32. The third kappa shape index (κ3) is 4.42. The van der Waals surface area contributed by atoms with Gasteiger partial charge in [-0.05, 0) is 75.8 Å². The van der Waals surface area contributed by atoms with Gasteiger partial charge in [-0.3, -0.25) is 14.2 Å². The molecule has 0 spiro atoms. The molecule has 6 rings (SSSR count). The number of halogens is 3. The maximum atomic E-state index is 13.9. The Morgan fingerprint density at radius 2 is 1.89 bits per heavy atom. The fourth-order valence-electron chi connectivity index (χ4n) is 5.05.